The van der Waals surface area contributed by atoms with E-state index in [0.717, 1.165) is 22.6 Å². The summed E-state index contributed by atoms with van der Waals surface area (Å²) in [5, 5.41) is 24.1. The number of nitro groups is 1. The Balaban J connectivity index is 1.96. The first-order valence-electron chi connectivity index (χ1n) is 5.74. The molecular weight excluding hydrogens is 278 g/mol. The minimum Gasteiger partial charge on any atom is -0.479 e. The minimum absolute atomic E-state index is 0.000177. The van der Waals surface area contributed by atoms with Crippen molar-refractivity contribution >= 4 is 22.0 Å². The fourth-order valence-electron chi connectivity index (χ4n) is 1.57. The lowest BCUT2D eigenvalue weighted by molar-refractivity contribution is -0.380. The summed E-state index contributed by atoms with van der Waals surface area (Å²) in [6, 6.07) is 10.7. The Kier molecular flexibility index (Phi) is 4.52. The van der Waals surface area contributed by atoms with E-state index in [1.165, 1.54) is 0 Å². The monoisotopic (exact) mass is 289 g/mol. The van der Waals surface area contributed by atoms with Crippen LogP contribution in [0.3, 0.4) is 0 Å². The van der Waals surface area contributed by atoms with E-state index in [4.69, 9.17) is 10.00 Å². The molecule has 0 aliphatic heterocycles. The molecule has 102 valence electrons. The number of ether oxygens (including phenoxy) is 1. The molecule has 0 saturated carbocycles. The van der Waals surface area contributed by atoms with E-state index < -0.39 is 4.92 Å². The number of thiophene rings is 1. The van der Waals surface area contributed by atoms with Gasteiger partial charge in [-0.15, -0.1) is 0 Å². The third kappa shape index (κ3) is 3.70. The van der Waals surface area contributed by atoms with Crippen LogP contribution in [-0.4, -0.2) is 11.5 Å². The first kappa shape index (κ1) is 13.8. The van der Waals surface area contributed by atoms with Crippen LogP contribution in [0.15, 0.2) is 35.7 Å². The molecule has 0 aliphatic carbocycles. The number of hydrogen-bond acceptors (Lipinski definition) is 6. The number of rotatable bonds is 6. The highest BCUT2D eigenvalue weighted by Gasteiger charge is 2.09. The maximum absolute atomic E-state index is 10.6. The second-order valence-electron chi connectivity index (χ2n) is 3.88. The van der Waals surface area contributed by atoms with Crippen molar-refractivity contribution < 1.29 is 9.66 Å². The second kappa shape index (κ2) is 6.54. The summed E-state index contributed by atoms with van der Waals surface area (Å²) in [5.74, 6) is 0.604. The maximum Gasteiger partial charge on any atom is 0.324 e. The van der Waals surface area contributed by atoms with Gasteiger partial charge in [0, 0.05) is 29.7 Å². The molecule has 0 amide bonds. The average Bonchev–Trinajstić information content (AvgIpc) is 2.92. The predicted molar refractivity (Wildman–Crippen MR) is 75.9 cm³/mol. The summed E-state index contributed by atoms with van der Waals surface area (Å²) < 4.78 is 5.20. The predicted octanol–water partition coefficient (Wildman–Crippen LogP) is 3.17. The Bertz CT molecular complexity index is 648. The number of nitriles is 1. The van der Waals surface area contributed by atoms with Crippen LogP contribution in [-0.2, 0) is 6.54 Å². The van der Waals surface area contributed by atoms with Crippen molar-refractivity contribution in [1.82, 2.24) is 0 Å². The van der Waals surface area contributed by atoms with E-state index in [0.29, 0.717) is 12.3 Å². The Morgan fingerprint density at radius 1 is 1.45 bits per heavy atom. The summed E-state index contributed by atoms with van der Waals surface area (Å²) in [7, 11) is 0. The Hall–Kier alpha value is -2.59. The quantitative estimate of drug-likeness (QED) is 0.651. The average molecular weight is 289 g/mol. The van der Waals surface area contributed by atoms with Crippen molar-refractivity contribution in [2.24, 2.45) is 0 Å². The van der Waals surface area contributed by atoms with Crippen LogP contribution in [0.4, 0.5) is 10.7 Å². The molecule has 0 bridgehead atoms. The minimum atomic E-state index is -0.398. The topological polar surface area (TPSA) is 88.2 Å². The third-order valence-corrected chi connectivity index (χ3v) is 3.38. The lowest BCUT2D eigenvalue weighted by Gasteiger charge is -2.07. The highest BCUT2D eigenvalue weighted by Crippen LogP contribution is 2.24. The molecule has 20 heavy (non-hydrogen) atoms. The molecule has 0 aliphatic rings. The summed E-state index contributed by atoms with van der Waals surface area (Å²) in [4.78, 5) is 10.2. The van der Waals surface area contributed by atoms with Crippen molar-refractivity contribution in [2.75, 3.05) is 11.9 Å². The highest BCUT2D eigenvalue weighted by molar-refractivity contribution is 7.13. The van der Waals surface area contributed by atoms with E-state index >= 15 is 0 Å². The molecule has 1 aromatic carbocycles. The van der Waals surface area contributed by atoms with Gasteiger partial charge in [0.05, 0.1) is 4.92 Å². The van der Waals surface area contributed by atoms with E-state index in [9.17, 15) is 10.1 Å². The van der Waals surface area contributed by atoms with E-state index in [1.54, 1.807) is 23.6 Å². The van der Waals surface area contributed by atoms with Crippen molar-refractivity contribution in [3.8, 4) is 11.8 Å². The number of benzene rings is 1. The van der Waals surface area contributed by atoms with Crippen molar-refractivity contribution in [1.29, 1.82) is 5.26 Å². The molecule has 0 saturated heterocycles. The van der Waals surface area contributed by atoms with E-state index in [2.05, 4.69) is 5.32 Å². The maximum atomic E-state index is 10.6. The van der Waals surface area contributed by atoms with Crippen LogP contribution in [0.5, 0.6) is 5.75 Å². The largest absolute Gasteiger partial charge is 0.479 e. The highest BCUT2D eigenvalue weighted by atomic mass is 32.1. The zero-order chi connectivity index (χ0) is 14.4. The van der Waals surface area contributed by atoms with Gasteiger partial charge in [-0.1, -0.05) is 17.4 Å². The van der Waals surface area contributed by atoms with E-state index in [-0.39, 0.29) is 11.6 Å². The van der Waals surface area contributed by atoms with Gasteiger partial charge >= 0.3 is 5.00 Å². The number of hydrogen-bond donors (Lipinski definition) is 1. The fraction of sp³-hybridized carbons (Fsp3) is 0.154. The van der Waals surface area contributed by atoms with Crippen LogP contribution in [0.1, 0.15) is 5.56 Å². The fourth-order valence-corrected chi connectivity index (χ4v) is 2.30. The van der Waals surface area contributed by atoms with Gasteiger partial charge in [0.2, 0.25) is 0 Å². The van der Waals surface area contributed by atoms with Gasteiger partial charge in [-0.3, -0.25) is 10.1 Å². The van der Waals surface area contributed by atoms with Crippen LogP contribution < -0.4 is 10.1 Å². The second-order valence-corrected chi connectivity index (χ2v) is 4.77. The van der Waals surface area contributed by atoms with E-state index in [1.807, 2.05) is 18.2 Å². The summed E-state index contributed by atoms with van der Waals surface area (Å²) >= 11 is 1.11. The summed E-state index contributed by atoms with van der Waals surface area (Å²) in [6.45, 7) is 0.492. The van der Waals surface area contributed by atoms with Gasteiger partial charge in [-0.2, -0.15) is 5.26 Å². The molecule has 1 heterocycles. The lowest BCUT2D eigenvalue weighted by atomic mass is 10.2. The standard InChI is InChI=1S/C13H11N3O3S/c14-4-5-19-12-3-1-2-11(7-12)15-8-10-6-13(16(17)18)20-9-10/h1-3,6-7,9,15H,5,8H2. The number of anilines is 1. The zero-order valence-electron chi connectivity index (χ0n) is 10.4. The summed E-state index contributed by atoms with van der Waals surface area (Å²) in [5.41, 5.74) is 1.68. The van der Waals surface area contributed by atoms with Crippen molar-refractivity contribution in [2.45, 2.75) is 6.54 Å². The Morgan fingerprint density at radius 3 is 3.00 bits per heavy atom. The molecule has 6 nitrogen and oxygen atoms in total. The van der Waals surface area contributed by atoms with Gasteiger partial charge in [0.15, 0.2) is 6.61 Å². The van der Waals surface area contributed by atoms with Crippen LogP contribution in [0, 0.1) is 21.4 Å². The molecule has 1 N–H and O–H groups in total. The SMILES string of the molecule is N#CCOc1cccc(NCc2csc([N+](=O)[O-])c2)c1. The molecule has 7 heteroatoms. The molecule has 0 atom stereocenters. The molecule has 0 fully saturated rings. The van der Waals surface area contributed by atoms with Gasteiger partial charge < -0.3 is 10.1 Å². The smallest absolute Gasteiger partial charge is 0.324 e. The number of nitrogens with zero attached hydrogens (tertiary/aromatic N) is 2. The molecule has 2 rings (SSSR count). The van der Waals surface area contributed by atoms with Gasteiger partial charge in [0.25, 0.3) is 0 Å². The van der Waals surface area contributed by atoms with Crippen molar-refractivity contribution in [3.05, 3.63) is 51.4 Å². The zero-order valence-corrected chi connectivity index (χ0v) is 11.2. The van der Waals surface area contributed by atoms with Gasteiger partial charge in [0.1, 0.15) is 11.8 Å². The molecular formula is C13H11N3O3S. The molecule has 0 radical (unpaired) electrons. The Morgan fingerprint density at radius 2 is 2.30 bits per heavy atom. The molecule has 0 spiro atoms. The Labute approximate surface area is 119 Å². The van der Waals surface area contributed by atoms with Crippen LogP contribution in [0.25, 0.3) is 0 Å². The molecule has 1 aromatic heterocycles. The van der Waals surface area contributed by atoms with Gasteiger partial charge in [-0.05, 0) is 17.7 Å². The normalized spacial score (nSPS) is 9.75. The van der Waals surface area contributed by atoms with Crippen molar-refractivity contribution in [3.63, 3.8) is 0 Å². The third-order valence-electron chi connectivity index (χ3n) is 2.45. The van der Waals surface area contributed by atoms with Gasteiger partial charge in [-0.25, -0.2) is 0 Å². The lowest BCUT2D eigenvalue weighted by Crippen LogP contribution is -1.99. The summed E-state index contributed by atoms with van der Waals surface area (Å²) in [6.07, 6.45) is 0. The first-order chi connectivity index (χ1) is 9.69. The molecule has 2 aromatic rings. The van der Waals surface area contributed by atoms with Crippen LogP contribution in [0.2, 0.25) is 0 Å². The number of nitrogens with one attached hydrogen (secondary N) is 1. The first-order valence-corrected chi connectivity index (χ1v) is 6.62. The van der Waals surface area contributed by atoms with Crippen LogP contribution >= 0.6 is 11.3 Å². The molecule has 0 unspecified atom stereocenters.